The minimum Gasteiger partial charge on any atom is -0.497 e. The lowest BCUT2D eigenvalue weighted by Gasteiger charge is -2.28. The molecule has 0 fully saturated rings. The smallest absolute Gasteiger partial charge is 0.270 e. The fraction of sp³-hybridized carbons (Fsp3) is 0.259. The average molecular weight is 459 g/mol. The fourth-order valence-corrected chi connectivity index (χ4v) is 4.17. The van der Waals surface area contributed by atoms with Crippen LogP contribution >= 0.6 is 0 Å². The molecule has 7 heteroatoms. The number of aromatic nitrogens is 2. The van der Waals surface area contributed by atoms with Crippen molar-refractivity contribution in [2.75, 3.05) is 20.7 Å². The highest BCUT2D eigenvalue weighted by atomic mass is 16.5. The largest absolute Gasteiger partial charge is 0.497 e. The van der Waals surface area contributed by atoms with Crippen LogP contribution < -0.4 is 10.1 Å². The Balaban J connectivity index is 1.49. The summed E-state index contributed by atoms with van der Waals surface area (Å²) in [7, 11) is 5.29. The van der Waals surface area contributed by atoms with Crippen molar-refractivity contribution in [3.8, 4) is 5.75 Å². The van der Waals surface area contributed by atoms with E-state index in [4.69, 9.17) is 4.74 Å². The van der Waals surface area contributed by atoms with E-state index in [1.807, 2.05) is 68.8 Å². The van der Waals surface area contributed by atoms with E-state index in [1.165, 1.54) is 0 Å². The number of fused-ring (bicyclic) bond motifs is 1. The third kappa shape index (κ3) is 5.14. The molecular formula is C27H30N4O3. The molecule has 1 atom stereocenters. The number of benzene rings is 2. The Bertz CT molecular complexity index is 1280. The minimum absolute atomic E-state index is 0.0927. The van der Waals surface area contributed by atoms with E-state index in [2.05, 4.69) is 22.4 Å². The molecule has 2 heterocycles. The van der Waals surface area contributed by atoms with E-state index >= 15 is 0 Å². The summed E-state index contributed by atoms with van der Waals surface area (Å²) in [6, 6.07) is 21.2. The van der Waals surface area contributed by atoms with Gasteiger partial charge in [0.05, 0.1) is 7.11 Å². The molecule has 2 N–H and O–H groups in total. The molecule has 176 valence electrons. The van der Waals surface area contributed by atoms with Gasteiger partial charge in [-0.25, -0.2) is 0 Å². The number of aromatic amines is 1. The van der Waals surface area contributed by atoms with Crippen LogP contribution in [0, 0.1) is 0 Å². The Morgan fingerprint density at radius 1 is 1.09 bits per heavy atom. The quantitative estimate of drug-likeness (QED) is 0.398. The number of aryl methyl sites for hydroxylation is 1. The maximum Gasteiger partial charge on any atom is 0.270 e. The third-order valence-electron chi connectivity index (χ3n) is 6.18. The van der Waals surface area contributed by atoms with Gasteiger partial charge in [-0.3, -0.25) is 9.59 Å². The lowest BCUT2D eigenvalue weighted by Crippen LogP contribution is -2.41. The molecule has 0 bridgehead atoms. The van der Waals surface area contributed by atoms with Crippen LogP contribution in [0.3, 0.4) is 0 Å². The first-order valence-corrected chi connectivity index (χ1v) is 11.3. The molecule has 0 saturated heterocycles. The van der Waals surface area contributed by atoms with Crippen molar-refractivity contribution in [1.82, 2.24) is 19.8 Å². The first-order chi connectivity index (χ1) is 16.5. The Morgan fingerprint density at radius 2 is 1.88 bits per heavy atom. The van der Waals surface area contributed by atoms with Crippen LogP contribution in [0.1, 0.15) is 33.0 Å². The van der Waals surface area contributed by atoms with Gasteiger partial charge in [0.1, 0.15) is 17.1 Å². The van der Waals surface area contributed by atoms with E-state index in [0.717, 1.165) is 22.2 Å². The zero-order valence-corrected chi connectivity index (χ0v) is 19.7. The molecule has 0 aliphatic rings. The summed E-state index contributed by atoms with van der Waals surface area (Å²) < 4.78 is 7.09. The Hall–Kier alpha value is -4.00. The van der Waals surface area contributed by atoms with Crippen LogP contribution in [0.4, 0.5) is 0 Å². The molecule has 0 spiro atoms. The summed E-state index contributed by atoms with van der Waals surface area (Å²) in [4.78, 5) is 30.9. The van der Waals surface area contributed by atoms with E-state index in [0.29, 0.717) is 30.8 Å². The summed E-state index contributed by atoms with van der Waals surface area (Å²) in [6.45, 7) is 0.461. The van der Waals surface area contributed by atoms with Gasteiger partial charge in [0.2, 0.25) is 0 Å². The van der Waals surface area contributed by atoms with Gasteiger partial charge in [-0.2, -0.15) is 0 Å². The molecule has 4 rings (SSSR count). The van der Waals surface area contributed by atoms with Crippen LogP contribution in [0.2, 0.25) is 0 Å². The summed E-state index contributed by atoms with van der Waals surface area (Å²) in [5, 5.41) is 3.91. The second-order valence-corrected chi connectivity index (χ2v) is 8.44. The lowest BCUT2D eigenvalue weighted by molar-refractivity contribution is 0.0718. The zero-order chi connectivity index (χ0) is 24.1. The van der Waals surface area contributed by atoms with Crippen LogP contribution in [-0.2, 0) is 13.5 Å². The first kappa shape index (κ1) is 23.2. The van der Waals surface area contributed by atoms with E-state index < -0.39 is 0 Å². The van der Waals surface area contributed by atoms with Crippen molar-refractivity contribution in [2.45, 2.75) is 18.9 Å². The molecule has 0 aliphatic heterocycles. The van der Waals surface area contributed by atoms with Crippen molar-refractivity contribution in [2.24, 2.45) is 7.05 Å². The van der Waals surface area contributed by atoms with E-state index in [1.54, 1.807) is 22.6 Å². The molecule has 2 aromatic heterocycles. The number of ether oxygens (including phenoxy) is 1. The highest BCUT2D eigenvalue weighted by Gasteiger charge is 2.23. The molecule has 0 aliphatic carbocycles. The first-order valence-electron chi connectivity index (χ1n) is 11.3. The highest BCUT2D eigenvalue weighted by molar-refractivity contribution is 5.98. The van der Waals surface area contributed by atoms with Crippen molar-refractivity contribution in [3.63, 3.8) is 0 Å². The van der Waals surface area contributed by atoms with E-state index in [-0.39, 0.29) is 17.9 Å². The van der Waals surface area contributed by atoms with Gasteiger partial charge in [0.15, 0.2) is 0 Å². The number of hydrogen-bond acceptors (Lipinski definition) is 3. The van der Waals surface area contributed by atoms with Gasteiger partial charge in [0, 0.05) is 43.8 Å². The van der Waals surface area contributed by atoms with Crippen LogP contribution in [0.25, 0.3) is 10.9 Å². The fourth-order valence-electron chi connectivity index (χ4n) is 4.17. The molecular weight excluding hydrogens is 428 g/mol. The number of rotatable bonds is 9. The Labute approximate surface area is 199 Å². The van der Waals surface area contributed by atoms with Gasteiger partial charge in [-0.15, -0.1) is 0 Å². The number of carbonyl (C=O) groups is 2. The maximum absolute atomic E-state index is 13.4. The van der Waals surface area contributed by atoms with Crippen molar-refractivity contribution in [3.05, 3.63) is 89.9 Å². The summed E-state index contributed by atoms with van der Waals surface area (Å²) in [5.74, 6) is 0.532. The van der Waals surface area contributed by atoms with Gasteiger partial charge in [-0.05, 0) is 54.8 Å². The van der Waals surface area contributed by atoms with Crippen LogP contribution in [-0.4, -0.2) is 53.0 Å². The van der Waals surface area contributed by atoms with Crippen molar-refractivity contribution in [1.29, 1.82) is 0 Å². The topological polar surface area (TPSA) is 79.4 Å². The predicted molar refractivity (Wildman–Crippen MR) is 133 cm³/mol. The maximum atomic E-state index is 13.4. The molecule has 34 heavy (non-hydrogen) atoms. The summed E-state index contributed by atoms with van der Waals surface area (Å²) in [6.07, 6.45) is 3.16. The summed E-state index contributed by atoms with van der Waals surface area (Å²) >= 11 is 0. The summed E-state index contributed by atoms with van der Waals surface area (Å²) in [5.41, 5.74) is 3.16. The number of methoxy groups -OCH3 is 1. The van der Waals surface area contributed by atoms with Crippen LogP contribution in [0.5, 0.6) is 5.75 Å². The van der Waals surface area contributed by atoms with Gasteiger partial charge >= 0.3 is 0 Å². The number of H-pyrrole nitrogens is 1. The number of nitrogens with one attached hydrogen (secondary N) is 2. The van der Waals surface area contributed by atoms with E-state index in [9.17, 15) is 9.59 Å². The molecule has 7 nitrogen and oxygen atoms in total. The second kappa shape index (κ2) is 10.3. The predicted octanol–water partition coefficient (Wildman–Crippen LogP) is 4.02. The normalized spacial score (nSPS) is 11.9. The van der Waals surface area contributed by atoms with Gasteiger partial charge in [-0.1, -0.05) is 30.3 Å². The Kier molecular flexibility index (Phi) is 7.01. The molecule has 0 saturated carbocycles. The molecule has 2 aromatic carbocycles. The molecule has 0 radical (unpaired) electrons. The minimum atomic E-state index is -0.121. The highest BCUT2D eigenvalue weighted by Crippen LogP contribution is 2.23. The van der Waals surface area contributed by atoms with Gasteiger partial charge in [0.25, 0.3) is 11.8 Å². The number of nitrogens with zero attached hydrogens (tertiary/aromatic N) is 2. The Morgan fingerprint density at radius 3 is 2.59 bits per heavy atom. The number of hydrogen-bond donors (Lipinski definition) is 2. The third-order valence-corrected chi connectivity index (χ3v) is 6.18. The van der Waals surface area contributed by atoms with Gasteiger partial charge < -0.3 is 24.5 Å². The monoisotopic (exact) mass is 458 g/mol. The molecule has 0 unspecified atom stereocenters. The number of carbonyl (C=O) groups excluding carboxylic acids is 2. The lowest BCUT2D eigenvalue weighted by atomic mass is 10.0. The second-order valence-electron chi connectivity index (χ2n) is 8.44. The van der Waals surface area contributed by atoms with Crippen LogP contribution in [0.15, 0.2) is 72.9 Å². The van der Waals surface area contributed by atoms with Crippen molar-refractivity contribution >= 4 is 22.7 Å². The number of likely N-dealkylation sites (N-methyl/N-ethyl adjacent to an activating group) is 1. The molecule has 4 aromatic rings. The standard InChI is InChI=1S/C27H30N4O3/c1-30-15-7-10-25(30)26(32)28-14-13-21(16-19-8-5-4-6-9-19)31(2)27(33)24-18-20-17-22(34-3)11-12-23(20)29-24/h4-12,15,17-18,21,29H,13-14,16H2,1-3H3,(H,28,32)/t21-/m1/s1. The number of amides is 2. The van der Waals surface area contributed by atoms with Crippen molar-refractivity contribution < 1.29 is 14.3 Å². The SMILES string of the molecule is COc1ccc2[nH]c(C(=O)N(C)[C@H](CCNC(=O)c3cccn3C)Cc3ccccc3)cc2c1. The zero-order valence-electron chi connectivity index (χ0n) is 19.7. The average Bonchev–Trinajstić information content (AvgIpc) is 3.48. The molecule has 2 amide bonds.